The fraction of sp³-hybridized carbons (Fsp3) is 0.400. The molecule has 1 N–H and O–H groups in total. The van der Waals surface area contributed by atoms with Crippen molar-refractivity contribution in [3.05, 3.63) is 46.5 Å². The molecule has 0 aliphatic rings. The molecule has 1 aromatic heterocycles. The molecule has 0 aliphatic heterocycles. The number of nitrogens with one attached hydrogen (secondary N) is 1. The van der Waals surface area contributed by atoms with Gasteiger partial charge in [-0.05, 0) is 23.8 Å². The van der Waals surface area contributed by atoms with E-state index in [0.717, 1.165) is 29.0 Å². The number of aromatic nitrogens is 2. The van der Waals surface area contributed by atoms with E-state index in [-0.39, 0.29) is 0 Å². The molecule has 1 aromatic carbocycles. The summed E-state index contributed by atoms with van der Waals surface area (Å²) >= 11 is 3.57. The normalized spacial score (nSPS) is 11.1. The molecule has 0 bridgehead atoms. The van der Waals surface area contributed by atoms with Gasteiger partial charge < -0.3 is 14.6 Å². The lowest BCUT2D eigenvalue weighted by atomic mass is 10.2. The quantitative estimate of drug-likeness (QED) is 0.879. The lowest BCUT2D eigenvalue weighted by Gasteiger charge is -2.08. The van der Waals surface area contributed by atoms with Gasteiger partial charge in [0.1, 0.15) is 5.75 Å². The fourth-order valence-electron chi connectivity index (χ4n) is 1.89. The average Bonchev–Trinajstić information content (AvgIpc) is 2.86. The third-order valence-corrected chi connectivity index (χ3v) is 3.76. The van der Waals surface area contributed by atoms with Crippen LogP contribution in [0.4, 0.5) is 0 Å². The second-order valence-electron chi connectivity index (χ2n) is 5.03. The number of nitrogens with zero attached hydrogens (tertiary/aromatic N) is 2. The molecule has 2 rings (SSSR count). The number of rotatable bonds is 6. The summed E-state index contributed by atoms with van der Waals surface area (Å²) in [6, 6.07) is 6.45. The number of imidazole rings is 1. The Morgan fingerprint density at radius 3 is 2.90 bits per heavy atom. The van der Waals surface area contributed by atoms with Crippen molar-refractivity contribution in [2.45, 2.75) is 33.0 Å². The largest absolute Gasteiger partial charge is 0.497 e. The smallest absolute Gasteiger partial charge is 0.119 e. The van der Waals surface area contributed by atoms with Gasteiger partial charge in [0.25, 0.3) is 0 Å². The van der Waals surface area contributed by atoms with Crippen LogP contribution >= 0.6 is 15.9 Å². The van der Waals surface area contributed by atoms with Gasteiger partial charge in [-0.1, -0.05) is 29.8 Å². The molecule has 0 spiro atoms. The highest BCUT2D eigenvalue weighted by molar-refractivity contribution is 9.10. The van der Waals surface area contributed by atoms with Gasteiger partial charge in [-0.3, -0.25) is 0 Å². The molecule has 0 fully saturated rings. The molecule has 1 heterocycles. The standard InChI is InChI=1S/C15H20BrN3O/c1-11(2)17-7-13-9-19(10-18-13)8-12-6-14(20-3)4-5-15(12)16/h4-6,9-11,17H,7-8H2,1-3H3. The Labute approximate surface area is 128 Å². The number of halogens is 1. The zero-order chi connectivity index (χ0) is 14.5. The highest BCUT2D eigenvalue weighted by Gasteiger charge is 2.05. The SMILES string of the molecule is COc1ccc(Br)c(Cn2cnc(CNC(C)C)c2)c1. The zero-order valence-corrected chi connectivity index (χ0v) is 13.6. The third kappa shape index (κ3) is 4.08. The molecule has 0 atom stereocenters. The number of hydrogen-bond donors (Lipinski definition) is 1. The Balaban J connectivity index is 2.06. The number of hydrogen-bond acceptors (Lipinski definition) is 3. The molecule has 0 amide bonds. The van der Waals surface area contributed by atoms with E-state index in [1.165, 1.54) is 5.56 Å². The zero-order valence-electron chi connectivity index (χ0n) is 12.1. The van der Waals surface area contributed by atoms with Crippen LogP contribution < -0.4 is 10.1 Å². The molecule has 2 aromatic rings. The molecule has 0 aliphatic carbocycles. The molecule has 0 saturated carbocycles. The Kier molecular flexibility index (Phi) is 5.20. The highest BCUT2D eigenvalue weighted by atomic mass is 79.9. The van der Waals surface area contributed by atoms with Crippen LogP contribution in [-0.4, -0.2) is 22.7 Å². The van der Waals surface area contributed by atoms with Crippen molar-refractivity contribution >= 4 is 15.9 Å². The molecule has 0 saturated heterocycles. The third-order valence-electron chi connectivity index (χ3n) is 2.98. The van der Waals surface area contributed by atoms with Gasteiger partial charge in [0.15, 0.2) is 0 Å². The summed E-state index contributed by atoms with van der Waals surface area (Å²) in [7, 11) is 1.68. The average molecular weight is 338 g/mol. The van der Waals surface area contributed by atoms with Crippen molar-refractivity contribution in [3.63, 3.8) is 0 Å². The minimum absolute atomic E-state index is 0.465. The van der Waals surface area contributed by atoms with Crippen molar-refractivity contribution in [2.24, 2.45) is 0 Å². The Morgan fingerprint density at radius 2 is 2.20 bits per heavy atom. The van der Waals surface area contributed by atoms with Crippen molar-refractivity contribution in [1.29, 1.82) is 0 Å². The van der Waals surface area contributed by atoms with E-state index in [1.54, 1.807) is 7.11 Å². The predicted molar refractivity (Wildman–Crippen MR) is 84.0 cm³/mol. The van der Waals surface area contributed by atoms with Crippen LogP contribution in [0.2, 0.25) is 0 Å². The van der Waals surface area contributed by atoms with Crippen LogP contribution in [0.5, 0.6) is 5.75 Å². The molecule has 5 heteroatoms. The van der Waals surface area contributed by atoms with E-state index < -0.39 is 0 Å². The van der Waals surface area contributed by atoms with Crippen LogP contribution in [0.3, 0.4) is 0 Å². The lowest BCUT2D eigenvalue weighted by molar-refractivity contribution is 0.414. The van der Waals surface area contributed by atoms with Gasteiger partial charge in [-0.15, -0.1) is 0 Å². The number of methoxy groups -OCH3 is 1. The minimum atomic E-state index is 0.465. The van der Waals surface area contributed by atoms with Crippen molar-refractivity contribution in [2.75, 3.05) is 7.11 Å². The summed E-state index contributed by atoms with van der Waals surface area (Å²) < 4.78 is 8.42. The van der Waals surface area contributed by atoms with Crippen molar-refractivity contribution < 1.29 is 4.74 Å². The fourth-order valence-corrected chi connectivity index (χ4v) is 2.26. The predicted octanol–water partition coefficient (Wildman–Crippen LogP) is 3.20. The maximum Gasteiger partial charge on any atom is 0.119 e. The van der Waals surface area contributed by atoms with E-state index in [9.17, 15) is 0 Å². The maximum absolute atomic E-state index is 5.26. The second kappa shape index (κ2) is 6.90. The van der Waals surface area contributed by atoms with Crippen LogP contribution in [0.25, 0.3) is 0 Å². The Morgan fingerprint density at radius 1 is 1.40 bits per heavy atom. The van der Waals surface area contributed by atoms with Crippen molar-refractivity contribution in [1.82, 2.24) is 14.9 Å². The summed E-state index contributed by atoms with van der Waals surface area (Å²) in [5.41, 5.74) is 2.22. The first kappa shape index (κ1) is 15.1. The van der Waals surface area contributed by atoms with E-state index in [2.05, 4.69) is 50.8 Å². The number of ether oxygens (including phenoxy) is 1. The van der Waals surface area contributed by atoms with Gasteiger partial charge in [0, 0.05) is 29.8 Å². The first-order valence-corrected chi connectivity index (χ1v) is 7.44. The molecule has 0 radical (unpaired) electrons. The molecular formula is C15H20BrN3O. The highest BCUT2D eigenvalue weighted by Crippen LogP contribution is 2.23. The summed E-state index contributed by atoms with van der Waals surface area (Å²) in [5.74, 6) is 0.866. The van der Waals surface area contributed by atoms with Gasteiger partial charge in [-0.25, -0.2) is 4.98 Å². The van der Waals surface area contributed by atoms with E-state index in [4.69, 9.17) is 4.74 Å². The second-order valence-corrected chi connectivity index (χ2v) is 5.88. The molecule has 108 valence electrons. The molecule has 4 nitrogen and oxygen atoms in total. The van der Waals surface area contributed by atoms with Gasteiger partial charge in [0.05, 0.1) is 19.1 Å². The van der Waals surface area contributed by atoms with E-state index >= 15 is 0 Å². The van der Waals surface area contributed by atoms with Gasteiger partial charge in [-0.2, -0.15) is 0 Å². The first-order valence-electron chi connectivity index (χ1n) is 6.65. The van der Waals surface area contributed by atoms with Gasteiger partial charge >= 0.3 is 0 Å². The Hall–Kier alpha value is -1.33. The lowest BCUT2D eigenvalue weighted by Crippen LogP contribution is -2.21. The molecule has 20 heavy (non-hydrogen) atoms. The first-order chi connectivity index (χ1) is 9.58. The van der Waals surface area contributed by atoms with E-state index in [1.807, 2.05) is 24.5 Å². The summed E-state index contributed by atoms with van der Waals surface area (Å²) in [6.45, 7) is 5.82. The van der Waals surface area contributed by atoms with Gasteiger partial charge in [0.2, 0.25) is 0 Å². The monoisotopic (exact) mass is 337 g/mol. The van der Waals surface area contributed by atoms with Crippen LogP contribution in [-0.2, 0) is 13.1 Å². The van der Waals surface area contributed by atoms with Crippen LogP contribution in [0, 0.1) is 0 Å². The molecule has 0 unspecified atom stereocenters. The van der Waals surface area contributed by atoms with E-state index in [0.29, 0.717) is 6.04 Å². The summed E-state index contributed by atoms with van der Waals surface area (Å²) in [6.07, 6.45) is 3.94. The number of benzene rings is 1. The van der Waals surface area contributed by atoms with Crippen molar-refractivity contribution in [3.8, 4) is 5.75 Å². The van der Waals surface area contributed by atoms with Crippen LogP contribution in [0.1, 0.15) is 25.1 Å². The maximum atomic E-state index is 5.26. The Bertz CT molecular complexity index is 566. The van der Waals surface area contributed by atoms with Crippen LogP contribution in [0.15, 0.2) is 35.2 Å². The summed E-state index contributed by atoms with van der Waals surface area (Å²) in [4.78, 5) is 4.41. The molecular weight excluding hydrogens is 318 g/mol. The minimum Gasteiger partial charge on any atom is -0.497 e. The topological polar surface area (TPSA) is 39.1 Å². The summed E-state index contributed by atoms with van der Waals surface area (Å²) in [5, 5.41) is 3.36.